The van der Waals surface area contributed by atoms with Crippen LogP contribution < -0.4 is 15.4 Å². The number of carboxylic acid groups (broad SMARTS) is 1. The van der Waals surface area contributed by atoms with Crippen LogP contribution in [0.5, 0.6) is 5.75 Å². The summed E-state index contributed by atoms with van der Waals surface area (Å²) in [6.07, 6.45) is 0. The van der Waals surface area contributed by atoms with Gasteiger partial charge in [0, 0.05) is 20.0 Å². The highest BCUT2D eigenvalue weighted by Crippen LogP contribution is 2.20. The normalized spacial score (nSPS) is 9.81. The Hall–Kier alpha value is -2.57. The highest BCUT2D eigenvalue weighted by atomic mass is 16.5. The molecule has 1 rings (SSSR count). The Morgan fingerprint density at radius 1 is 1.19 bits per heavy atom. The molecule has 3 N–H and O–H groups in total. The lowest BCUT2D eigenvalue weighted by atomic mass is 10.1. The van der Waals surface area contributed by atoms with E-state index in [1.807, 2.05) is 0 Å². The molecule has 0 aliphatic rings. The Kier molecular flexibility index (Phi) is 6.19. The number of aryl methyl sites for hydroxylation is 1. The molecule has 0 aliphatic carbocycles. The Morgan fingerprint density at radius 3 is 2.48 bits per heavy atom. The summed E-state index contributed by atoms with van der Waals surface area (Å²) in [6.45, 7) is 3.50. The summed E-state index contributed by atoms with van der Waals surface area (Å²) in [5.41, 5.74) is 0.840. The van der Waals surface area contributed by atoms with Crippen LogP contribution in [0.3, 0.4) is 0 Å². The zero-order chi connectivity index (χ0) is 15.8. The molecule has 0 saturated carbocycles. The van der Waals surface area contributed by atoms with Gasteiger partial charge in [0.15, 0.2) is 6.61 Å². The van der Waals surface area contributed by atoms with Gasteiger partial charge in [-0.15, -0.1) is 0 Å². The summed E-state index contributed by atoms with van der Waals surface area (Å²) in [7, 11) is 0. The van der Waals surface area contributed by atoms with E-state index in [0.29, 0.717) is 6.54 Å². The summed E-state index contributed by atoms with van der Waals surface area (Å²) in [4.78, 5) is 33.2. The van der Waals surface area contributed by atoms with E-state index in [0.717, 1.165) is 5.56 Å². The number of nitrogens with one attached hydrogen (secondary N) is 2. The van der Waals surface area contributed by atoms with Crippen LogP contribution in [-0.4, -0.2) is 42.6 Å². The lowest BCUT2D eigenvalue weighted by molar-refractivity contribution is -0.123. The maximum absolute atomic E-state index is 11.5. The Labute approximate surface area is 122 Å². The number of ether oxygens (including phenoxy) is 1. The smallest absolute Gasteiger partial charge is 0.339 e. The second kappa shape index (κ2) is 7.88. The van der Waals surface area contributed by atoms with Crippen molar-refractivity contribution < 1.29 is 24.2 Å². The van der Waals surface area contributed by atoms with Crippen LogP contribution >= 0.6 is 0 Å². The first kappa shape index (κ1) is 16.5. The second-order valence-corrected chi connectivity index (χ2v) is 4.43. The van der Waals surface area contributed by atoms with Crippen LogP contribution in [0.2, 0.25) is 0 Å². The lowest BCUT2D eigenvalue weighted by Crippen LogP contribution is -2.36. The number of carbonyl (C=O) groups excluding carboxylic acids is 2. The maximum atomic E-state index is 11.5. The van der Waals surface area contributed by atoms with Crippen LogP contribution in [0.25, 0.3) is 0 Å². The predicted molar refractivity (Wildman–Crippen MR) is 75.3 cm³/mol. The molecule has 0 spiro atoms. The van der Waals surface area contributed by atoms with Gasteiger partial charge < -0.3 is 20.5 Å². The summed E-state index contributed by atoms with van der Waals surface area (Å²) < 4.78 is 5.24. The molecular formula is C14H18N2O5. The largest absolute Gasteiger partial charge is 0.483 e. The zero-order valence-electron chi connectivity index (χ0n) is 11.9. The van der Waals surface area contributed by atoms with E-state index in [2.05, 4.69) is 10.6 Å². The third-order valence-corrected chi connectivity index (χ3v) is 2.55. The quantitative estimate of drug-likeness (QED) is 0.628. The Balaban J connectivity index is 2.47. The predicted octanol–water partition coefficient (Wildman–Crippen LogP) is 0.324. The van der Waals surface area contributed by atoms with Gasteiger partial charge in [0.05, 0.1) is 0 Å². The van der Waals surface area contributed by atoms with Gasteiger partial charge in [0.25, 0.3) is 5.91 Å². The number of carbonyl (C=O) groups is 3. The molecular weight excluding hydrogens is 276 g/mol. The third-order valence-electron chi connectivity index (χ3n) is 2.55. The number of hydrogen-bond donors (Lipinski definition) is 3. The van der Waals surface area contributed by atoms with Gasteiger partial charge in [0.1, 0.15) is 11.3 Å². The van der Waals surface area contributed by atoms with Crippen molar-refractivity contribution in [2.24, 2.45) is 0 Å². The summed E-state index contributed by atoms with van der Waals surface area (Å²) >= 11 is 0. The molecule has 0 radical (unpaired) electrons. The monoisotopic (exact) mass is 294 g/mol. The molecule has 0 bridgehead atoms. The van der Waals surface area contributed by atoms with Crippen LogP contribution in [0.15, 0.2) is 18.2 Å². The van der Waals surface area contributed by atoms with E-state index in [1.165, 1.54) is 13.0 Å². The highest BCUT2D eigenvalue weighted by Gasteiger charge is 2.12. The van der Waals surface area contributed by atoms with Crippen molar-refractivity contribution >= 4 is 17.8 Å². The van der Waals surface area contributed by atoms with Crippen molar-refractivity contribution in [2.45, 2.75) is 13.8 Å². The van der Waals surface area contributed by atoms with E-state index < -0.39 is 11.9 Å². The van der Waals surface area contributed by atoms with Crippen molar-refractivity contribution in [3.63, 3.8) is 0 Å². The average molecular weight is 294 g/mol. The first-order valence-corrected chi connectivity index (χ1v) is 6.38. The van der Waals surface area contributed by atoms with E-state index in [9.17, 15) is 14.4 Å². The van der Waals surface area contributed by atoms with Crippen LogP contribution in [0.4, 0.5) is 0 Å². The zero-order valence-corrected chi connectivity index (χ0v) is 11.9. The van der Waals surface area contributed by atoms with Crippen molar-refractivity contribution in [3.05, 3.63) is 29.3 Å². The molecule has 1 aromatic carbocycles. The van der Waals surface area contributed by atoms with Crippen LogP contribution in [-0.2, 0) is 9.59 Å². The molecule has 1 aromatic rings. The number of aromatic carboxylic acids is 1. The first-order valence-electron chi connectivity index (χ1n) is 6.38. The van der Waals surface area contributed by atoms with E-state index in [4.69, 9.17) is 9.84 Å². The topological polar surface area (TPSA) is 105 Å². The van der Waals surface area contributed by atoms with E-state index >= 15 is 0 Å². The van der Waals surface area contributed by atoms with Crippen molar-refractivity contribution in [2.75, 3.05) is 19.7 Å². The molecule has 7 nitrogen and oxygen atoms in total. The molecule has 114 valence electrons. The van der Waals surface area contributed by atoms with Crippen molar-refractivity contribution in [3.8, 4) is 5.75 Å². The number of rotatable bonds is 7. The Morgan fingerprint density at radius 2 is 1.86 bits per heavy atom. The number of carboxylic acids is 1. The van der Waals surface area contributed by atoms with Gasteiger partial charge in [-0.1, -0.05) is 6.07 Å². The molecule has 0 aromatic heterocycles. The second-order valence-electron chi connectivity index (χ2n) is 4.43. The number of amides is 2. The molecule has 0 atom stereocenters. The molecule has 0 aliphatic heterocycles. The molecule has 0 saturated heterocycles. The summed E-state index contributed by atoms with van der Waals surface area (Å²) in [5, 5.41) is 14.1. The van der Waals surface area contributed by atoms with Crippen LogP contribution in [0, 0.1) is 6.92 Å². The fourth-order valence-electron chi connectivity index (χ4n) is 1.56. The molecule has 0 heterocycles. The minimum atomic E-state index is -1.11. The van der Waals surface area contributed by atoms with Gasteiger partial charge in [-0.2, -0.15) is 0 Å². The summed E-state index contributed by atoms with van der Waals surface area (Å²) in [5.74, 6) is -1.53. The minimum absolute atomic E-state index is 0.00615. The average Bonchev–Trinajstić information content (AvgIpc) is 2.40. The van der Waals surface area contributed by atoms with Crippen molar-refractivity contribution in [1.29, 1.82) is 0 Å². The van der Waals surface area contributed by atoms with Gasteiger partial charge in [-0.05, 0) is 24.6 Å². The molecule has 7 heteroatoms. The third kappa shape index (κ3) is 5.94. The molecule has 21 heavy (non-hydrogen) atoms. The first-order chi connectivity index (χ1) is 9.90. The van der Waals surface area contributed by atoms with Gasteiger partial charge in [0.2, 0.25) is 5.91 Å². The van der Waals surface area contributed by atoms with Gasteiger partial charge >= 0.3 is 5.97 Å². The summed E-state index contributed by atoms with van der Waals surface area (Å²) in [6, 6.07) is 4.65. The Bertz CT molecular complexity index is 542. The van der Waals surface area contributed by atoms with Crippen molar-refractivity contribution in [1.82, 2.24) is 10.6 Å². The molecule has 2 amide bonds. The fourth-order valence-corrected chi connectivity index (χ4v) is 1.56. The maximum Gasteiger partial charge on any atom is 0.339 e. The van der Waals surface area contributed by atoms with E-state index in [-0.39, 0.29) is 30.4 Å². The fraction of sp³-hybridized carbons (Fsp3) is 0.357. The molecule has 0 unspecified atom stereocenters. The lowest BCUT2D eigenvalue weighted by Gasteiger charge is -2.10. The van der Waals surface area contributed by atoms with Crippen LogP contribution in [0.1, 0.15) is 22.8 Å². The van der Waals surface area contributed by atoms with Gasteiger partial charge in [-0.25, -0.2) is 4.79 Å². The highest BCUT2D eigenvalue weighted by molar-refractivity contribution is 5.91. The SMILES string of the molecule is CC(=O)NCCNC(=O)COc1cc(C)ccc1C(=O)O. The number of benzene rings is 1. The standard InChI is InChI=1S/C14H18N2O5/c1-9-3-4-11(14(19)20)12(7-9)21-8-13(18)16-6-5-15-10(2)17/h3-4,7H,5-6,8H2,1-2H3,(H,15,17)(H,16,18)(H,19,20). The minimum Gasteiger partial charge on any atom is -0.483 e. The van der Waals surface area contributed by atoms with E-state index in [1.54, 1.807) is 19.1 Å². The van der Waals surface area contributed by atoms with Gasteiger partial charge in [-0.3, -0.25) is 9.59 Å². The molecule has 0 fully saturated rings. The number of hydrogen-bond acceptors (Lipinski definition) is 4.